The van der Waals surface area contributed by atoms with Crippen molar-refractivity contribution in [3.8, 4) is 5.69 Å². The number of halogens is 1. The standard InChI is InChI=1S/C23H24BrN3O3S/c1-13(20(28)29)26-21(30)23(2,3)31-22-25-12-19(24)27(22)18-11-10-15(14-8-9-14)16-6-4-5-7-17(16)18/h4-7,10-14H,8-9H2,1-3H3,(H,26,30)(H,28,29). The normalized spacial score (nSPS) is 15.1. The van der Waals surface area contributed by atoms with Crippen LogP contribution in [0.4, 0.5) is 0 Å². The van der Waals surface area contributed by atoms with E-state index >= 15 is 0 Å². The fourth-order valence-corrected chi connectivity index (χ4v) is 5.14. The van der Waals surface area contributed by atoms with Gasteiger partial charge in [-0.05, 0) is 72.5 Å². The smallest absolute Gasteiger partial charge is 0.325 e. The van der Waals surface area contributed by atoms with Crippen LogP contribution in [-0.2, 0) is 9.59 Å². The highest BCUT2D eigenvalue weighted by Crippen LogP contribution is 2.45. The molecule has 1 aliphatic rings. The van der Waals surface area contributed by atoms with Gasteiger partial charge in [-0.3, -0.25) is 14.2 Å². The van der Waals surface area contributed by atoms with Crippen LogP contribution in [0.1, 0.15) is 45.1 Å². The van der Waals surface area contributed by atoms with E-state index in [0.717, 1.165) is 15.7 Å². The summed E-state index contributed by atoms with van der Waals surface area (Å²) < 4.78 is 1.87. The first-order chi connectivity index (χ1) is 14.7. The zero-order valence-electron chi connectivity index (χ0n) is 17.6. The minimum atomic E-state index is -1.07. The second kappa shape index (κ2) is 8.31. The monoisotopic (exact) mass is 501 g/mol. The minimum absolute atomic E-state index is 0.355. The van der Waals surface area contributed by atoms with E-state index in [4.69, 9.17) is 5.11 Å². The molecule has 0 radical (unpaired) electrons. The van der Waals surface area contributed by atoms with Gasteiger partial charge in [-0.25, -0.2) is 4.98 Å². The second-order valence-corrected chi connectivity index (χ2v) is 10.7. The van der Waals surface area contributed by atoms with Crippen molar-refractivity contribution in [1.82, 2.24) is 14.9 Å². The molecule has 3 aromatic rings. The Morgan fingerprint density at radius 1 is 1.23 bits per heavy atom. The van der Waals surface area contributed by atoms with E-state index in [0.29, 0.717) is 11.1 Å². The molecular weight excluding hydrogens is 478 g/mol. The molecule has 1 aromatic heterocycles. The van der Waals surface area contributed by atoms with Crippen LogP contribution < -0.4 is 5.32 Å². The zero-order valence-corrected chi connectivity index (χ0v) is 20.0. The number of nitrogens with one attached hydrogen (secondary N) is 1. The van der Waals surface area contributed by atoms with Gasteiger partial charge in [-0.2, -0.15) is 0 Å². The van der Waals surface area contributed by atoms with Crippen LogP contribution in [0.3, 0.4) is 0 Å². The third-order valence-electron chi connectivity index (χ3n) is 5.49. The summed E-state index contributed by atoms with van der Waals surface area (Å²) in [6, 6.07) is 11.7. The van der Waals surface area contributed by atoms with E-state index in [9.17, 15) is 9.59 Å². The van der Waals surface area contributed by atoms with E-state index in [-0.39, 0.29) is 5.91 Å². The first-order valence-electron chi connectivity index (χ1n) is 10.2. The molecule has 0 bridgehead atoms. The molecule has 8 heteroatoms. The van der Waals surface area contributed by atoms with Gasteiger partial charge in [0.2, 0.25) is 5.91 Å². The van der Waals surface area contributed by atoms with Crippen LogP contribution >= 0.6 is 27.7 Å². The van der Waals surface area contributed by atoms with Crippen molar-refractivity contribution >= 4 is 50.3 Å². The van der Waals surface area contributed by atoms with Crippen LogP contribution in [-0.4, -0.2) is 37.3 Å². The van der Waals surface area contributed by atoms with Gasteiger partial charge in [-0.1, -0.05) is 42.1 Å². The quantitative estimate of drug-likeness (QED) is 0.438. The lowest BCUT2D eigenvalue weighted by molar-refractivity contribution is -0.141. The number of benzene rings is 2. The Morgan fingerprint density at radius 2 is 1.90 bits per heavy atom. The summed E-state index contributed by atoms with van der Waals surface area (Å²) >= 11 is 4.91. The van der Waals surface area contributed by atoms with Gasteiger partial charge >= 0.3 is 5.97 Å². The summed E-state index contributed by atoms with van der Waals surface area (Å²) in [6.45, 7) is 4.98. The van der Waals surface area contributed by atoms with Gasteiger partial charge in [0.15, 0.2) is 5.16 Å². The number of rotatable bonds is 7. The Labute approximate surface area is 193 Å². The molecule has 1 amide bonds. The van der Waals surface area contributed by atoms with Crippen molar-refractivity contribution in [2.75, 3.05) is 0 Å². The molecule has 2 aromatic carbocycles. The summed E-state index contributed by atoms with van der Waals surface area (Å²) in [6.07, 6.45) is 4.19. The number of carbonyl (C=O) groups is 2. The largest absolute Gasteiger partial charge is 0.480 e. The van der Waals surface area contributed by atoms with Crippen LogP contribution in [0.25, 0.3) is 16.5 Å². The van der Waals surface area contributed by atoms with Gasteiger partial charge in [0.05, 0.1) is 16.6 Å². The number of nitrogens with zero attached hydrogens (tertiary/aromatic N) is 2. The Hall–Kier alpha value is -2.32. The maximum atomic E-state index is 12.7. The van der Waals surface area contributed by atoms with Gasteiger partial charge in [0.1, 0.15) is 10.6 Å². The van der Waals surface area contributed by atoms with Crippen LogP contribution in [0, 0.1) is 0 Å². The summed E-state index contributed by atoms with van der Waals surface area (Å²) in [5.41, 5.74) is 2.37. The van der Waals surface area contributed by atoms with Crippen LogP contribution in [0.15, 0.2) is 52.4 Å². The fourth-order valence-electron chi connectivity index (χ4n) is 3.56. The number of carboxylic acids is 1. The number of fused-ring (bicyclic) bond motifs is 1. The molecule has 1 atom stereocenters. The molecule has 1 heterocycles. The number of amides is 1. The van der Waals surface area contributed by atoms with Crippen molar-refractivity contribution in [3.63, 3.8) is 0 Å². The topological polar surface area (TPSA) is 84.2 Å². The molecule has 1 aliphatic carbocycles. The number of hydrogen-bond donors (Lipinski definition) is 2. The molecule has 6 nitrogen and oxygen atoms in total. The van der Waals surface area contributed by atoms with E-state index in [1.807, 2.05) is 10.6 Å². The number of carboxylic acid groups (broad SMARTS) is 1. The van der Waals surface area contributed by atoms with Gasteiger partial charge < -0.3 is 10.4 Å². The number of carbonyl (C=O) groups excluding carboxylic acids is 1. The van der Waals surface area contributed by atoms with Gasteiger partial charge in [0, 0.05) is 5.39 Å². The Bertz CT molecular complexity index is 1170. The van der Waals surface area contributed by atoms with E-state index in [2.05, 4.69) is 56.6 Å². The number of aliphatic carboxylic acids is 1. The predicted molar refractivity (Wildman–Crippen MR) is 126 cm³/mol. The van der Waals surface area contributed by atoms with Crippen molar-refractivity contribution in [1.29, 1.82) is 0 Å². The molecule has 1 saturated carbocycles. The fraction of sp³-hybridized carbons (Fsp3) is 0.348. The van der Waals surface area contributed by atoms with E-state index in [1.165, 1.54) is 42.5 Å². The maximum absolute atomic E-state index is 12.7. The highest BCUT2D eigenvalue weighted by atomic mass is 79.9. The molecule has 1 unspecified atom stereocenters. The third-order valence-corrected chi connectivity index (χ3v) is 7.22. The molecule has 162 valence electrons. The molecule has 0 aliphatic heterocycles. The van der Waals surface area contributed by atoms with Crippen molar-refractivity contribution < 1.29 is 14.7 Å². The first-order valence-corrected chi connectivity index (χ1v) is 11.8. The lowest BCUT2D eigenvalue weighted by atomic mass is 9.99. The van der Waals surface area contributed by atoms with Crippen molar-refractivity contribution in [2.45, 2.75) is 55.5 Å². The molecule has 31 heavy (non-hydrogen) atoms. The molecule has 1 fully saturated rings. The zero-order chi connectivity index (χ0) is 22.3. The Kier molecular flexibility index (Phi) is 5.87. The SMILES string of the molecule is CC(NC(=O)C(C)(C)Sc1ncc(Br)n1-c1ccc(C2CC2)c2ccccc12)C(=O)O. The average molecular weight is 502 g/mol. The molecule has 4 rings (SSSR count). The summed E-state index contributed by atoms with van der Waals surface area (Å²) in [5, 5.41) is 14.7. The lowest BCUT2D eigenvalue weighted by Gasteiger charge is -2.24. The van der Waals surface area contributed by atoms with E-state index < -0.39 is 16.8 Å². The van der Waals surface area contributed by atoms with E-state index in [1.54, 1.807) is 20.0 Å². The second-order valence-electron chi connectivity index (χ2n) is 8.34. The highest BCUT2D eigenvalue weighted by molar-refractivity contribution is 9.10. The molecular formula is C23H24BrN3O3S. The first kappa shape index (κ1) is 21.9. The van der Waals surface area contributed by atoms with Crippen molar-refractivity contribution in [2.24, 2.45) is 0 Å². The minimum Gasteiger partial charge on any atom is -0.480 e. The molecule has 2 N–H and O–H groups in total. The van der Waals surface area contributed by atoms with Gasteiger partial charge in [-0.15, -0.1) is 0 Å². The Balaban J connectivity index is 1.72. The number of hydrogen-bond acceptors (Lipinski definition) is 4. The lowest BCUT2D eigenvalue weighted by Crippen LogP contribution is -2.47. The third kappa shape index (κ3) is 4.36. The highest BCUT2D eigenvalue weighted by Gasteiger charge is 2.33. The van der Waals surface area contributed by atoms with Crippen molar-refractivity contribution in [3.05, 3.63) is 52.8 Å². The summed E-state index contributed by atoms with van der Waals surface area (Å²) in [7, 11) is 0. The predicted octanol–water partition coefficient (Wildman–Crippen LogP) is 5.13. The number of aromatic nitrogens is 2. The van der Waals surface area contributed by atoms with Gasteiger partial charge in [0.25, 0.3) is 0 Å². The number of imidazole rings is 1. The van der Waals surface area contributed by atoms with Crippen LogP contribution in [0.2, 0.25) is 0 Å². The number of thioether (sulfide) groups is 1. The molecule has 0 spiro atoms. The summed E-state index contributed by atoms with van der Waals surface area (Å²) in [4.78, 5) is 28.4. The Morgan fingerprint density at radius 3 is 2.55 bits per heavy atom. The van der Waals surface area contributed by atoms with Crippen LogP contribution in [0.5, 0.6) is 0 Å². The maximum Gasteiger partial charge on any atom is 0.325 e. The average Bonchev–Trinajstić information content (AvgIpc) is 3.51. The molecule has 0 saturated heterocycles. The summed E-state index contributed by atoms with van der Waals surface area (Å²) in [5.74, 6) is -0.787.